The largest absolute Gasteiger partial charge is 0.324 e. The second-order valence-corrected chi connectivity index (χ2v) is 2.08. The van der Waals surface area contributed by atoms with Gasteiger partial charge in [-0.25, -0.2) is 0 Å². The minimum Gasteiger partial charge on any atom is -0.324 e. The van der Waals surface area contributed by atoms with E-state index in [4.69, 9.17) is 5.73 Å². The summed E-state index contributed by atoms with van der Waals surface area (Å²) in [5, 5.41) is 0. The summed E-state index contributed by atoms with van der Waals surface area (Å²) in [6.45, 7) is 2.05. The lowest BCUT2D eigenvalue weighted by molar-refractivity contribution is 0.668. The monoisotopic (exact) mass is 110 g/mol. The molecular weight excluding hydrogens is 100 g/mol. The molecule has 0 radical (unpaired) electrons. The highest BCUT2D eigenvalue weighted by atomic mass is 14.7. The molecule has 0 aromatic rings. The maximum Gasteiger partial charge on any atom is 0.0317 e. The van der Waals surface area contributed by atoms with Crippen molar-refractivity contribution in [3.05, 3.63) is 12.3 Å². The Bertz CT molecular complexity index is 110. The molecule has 2 atom stereocenters. The fraction of sp³-hybridized carbons (Fsp3) is 0.500. The zero-order chi connectivity index (χ0) is 5.98. The molecule has 8 heavy (non-hydrogen) atoms. The Hall–Kier alpha value is -0.630. The van der Waals surface area contributed by atoms with E-state index in [9.17, 15) is 0 Å². The molecule has 1 aliphatic rings. The highest BCUT2D eigenvalue weighted by Gasteiger charge is 2.07. The molecule has 1 aliphatic heterocycles. The fourth-order valence-electron chi connectivity index (χ4n) is 0.609. The predicted molar refractivity (Wildman–Crippen MR) is 34.8 cm³/mol. The van der Waals surface area contributed by atoms with Crippen LogP contribution in [-0.4, -0.2) is 12.3 Å². The third kappa shape index (κ3) is 0.954. The smallest absolute Gasteiger partial charge is 0.0317 e. The second-order valence-electron chi connectivity index (χ2n) is 2.08. The van der Waals surface area contributed by atoms with Gasteiger partial charge in [0.25, 0.3) is 0 Å². The van der Waals surface area contributed by atoms with E-state index in [0.29, 0.717) is 5.92 Å². The highest BCUT2D eigenvalue weighted by Crippen LogP contribution is 2.02. The minimum absolute atomic E-state index is 0.174. The molecule has 0 spiro atoms. The summed E-state index contributed by atoms with van der Waals surface area (Å²) in [4.78, 5) is 3.92. The average Bonchev–Trinajstić information content (AvgIpc) is 1.77. The van der Waals surface area contributed by atoms with Crippen LogP contribution in [0.15, 0.2) is 17.3 Å². The van der Waals surface area contributed by atoms with E-state index in [2.05, 4.69) is 11.9 Å². The quantitative estimate of drug-likeness (QED) is 0.486. The molecule has 1 heterocycles. The summed E-state index contributed by atoms with van der Waals surface area (Å²) < 4.78 is 0. The lowest BCUT2D eigenvalue weighted by atomic mass is 10.0. The van der Waals surface area contributed by atoms with E-state index in [1.807, 2.05) is 12.3 Å². The summed E-state index contributed by atoms with van der Waals surface area (Å²) in [7, 11) is 0. The van der Waals surface area contributed by atoms with Crippen molar-refractivity contribution in [3.8, 4) is 0 Å². The molecule has 2 N–H and O–H groups in total. The molecule has 1 rings (SSSR count). The van der Waals surface area contributed by atoms with Crippen LogP contribution in [0.5, 0.6) is 0 Å². The highest BCUT2D eigenvalue weighted by molar-refractivity contribution is 5.63. The average molecular weight is 110 g/mol. The first kappa shape index (κ1) is 5.51. The second kappa shape index (κ2) is 2.09. The minimum atomic E-state index is 0.174. The predicted octanol–water partition coefficient (Wildman–Crippen LogP) is 0.548. The first-order valence-corrected chi connectivity index (χ1v) is 2.76. The SMILES string of the molecule is CC1C=NC=CC1N. The van der Waals surface area contributed by atoms with Crippen LogP contribution in [0.2, 0.25) is 0 Å². The summed E-state index contributed by atoms with van der Waals surface area (Å²) in [5.41, 5.74) is 5.60. The first-order valence-electron chi connectivity index (χ1n) is 2.76. The molecule has 0 fully saturated rings. The molecule has 2 unspecified atom stereocenters. The van der Waals surface area contributed by atoms with Gasteiger partial charge in [0.05, 0.1) is 0 Å². The van der Waals surface area contributed by atoms with Gasteiger partial charge in [-0.1, -0.05) is 6.92 Å². The molecule has 0 bridgehead atoms. The van der Waals surface area contributed by atoms with E-state index >= 15 is 0 Å². The van der Waals surface area contributed by atoms with Crippen LogP contribution in [-0.2, 0) is 0 Å². The van der Waals surface area contributed by atoms with Crippen LogP contribution in [0, 0.1) is 5.92 Å². The number of nitrogens with two attached hydrogens (primary N) is 1. The van der Waals surface area contributed by atoms with E-state index in [0.717, 1.165) is 0 Å². The molecular formula is C6H10N2. The number of hydrogen-bond acceptors (Lipinski definition) is 2. The van der Waals surface area contributed by atoms with Crippen LogP contribution in [0.25, 0.3) is 0 Å². The van der Waals surface area contributed by atoms with Crippen molar-refractivity contribution in [3.63, 3.8) is 0 Å². The number of hydrogen-bond donors (Lipinski definition) is 1. The maximum atomic E-state index is 5.60. The van der Waals surface area contributed by atoms with Crippen molar-refractivity contribution in [1.29, 1.82) is 0 Å². The van der Waals surface area contributed by atoms with Gasteiger partial charge in [-0.2, -0.15) is 0 Å². The molecule has 2 nitrogen and oxygen atoms in total. The molecule has 0 aliphatic carbocycles. The summed E-state index contributed by atoms with van der Waals surface area (Å²) >= 11 is 0. The van der Waals surface area contributed by atoms with Crippen molar-refractivity contribution in [1.82, 2.24) is 0 Å². The van der Waals surface area contributed by atoms with E-state index in [1.54, 1.807) is 6.20 Å². The Morgan fingerprint density at radius 3 is 2.75 bits per heavy atom. The topological polar surface area (TPSA) is 38.4 Å². The number of nitrogens with zero attached hydrogens (tertiary/aromatic N) is 1. The lowest BCUT2D eigenvalue weighted by Crippen LogP contribution is -2.27. The molecule has 0 aromatic carbocycles. The zero-order valence-electron chi connectivity index (χ0n) is 4.91. The third-order valence-electron chi connectivity index (χ3n) is 1.32. The Morgan fingerprint density at radius 2 is 2.38 bits per heavy atom. The van der Waals surface area contributed by atoms with Gasteiger partial charge in [-0.15, -0.1) is 0 Å². The zero-order valence-corrected chi connectivity index (χ0v) is 4.91. The van der Waals surface area contributed by atoms with Crippen LogP contribution in [0.4, 0.5) is 0 Å². The Labute approximate surface area is 49.1 Å². The molecule has 44 valence electrons. The lowest BCUT2D eigenvalue weighted by Gasteiger charge is -2.12. The van der Waals surface area contributed by atoms with Crippen molar-refractivity contribution >= 4 is 6.21 Å². The molecule has 0 saturated carbocycles. The molecule has 0 saturated heterocycles. The Kier molecular flexibility index (Phi) is 1.44. The van der Waals surface area contributed by atoms with Crippen molar-refractivity contribution in [2.75, 3.05) is 0 Å². The van der Waals surface area contributed by atoms with Crippen LogP contribution >= 0.6 is 0 Å². The van der Waals surface area contributed by atoms with E-state index < -0.39 is 0 Å². The summed E-state index contributed by atoms with van der Waals surface area (Å²) in [6.07, 6.45) is 5.51. The maximum absolute atomic E-state index is 5.60. The molecule has 2 heteroatoms. The Morgan fingerprint density at radius 1 is 1.62 bits per heavy atom. The standard InChI is InChI=1S/C6H10N2/c1-5-4-8-3-2-6(5)7/h2-6H,7H2,1H3. The normalized spacial score (nSPS) is 35.8. The van der Waals surface area contributed by atoms with Crippen LogP contribution < -0.4 is 5.73 Å². The number of rotatable bonds is 0. The van der Waals surface area contributed by atoms with Crippen LogP contribution in [0.3, 0.4) is 0 Å². The van der Waals surface area contributed by atoms with Gasteiger partial charge in [-0.05, 0) is 6.08 Å². The first-order chi connectivity index (χ1) is 3.80. The van der Waals surface area contributed by atoms with Gasteiger partial charge < -0.3 is 5.73 Å². The van der Waals surface area contributed by atoms with Crippen LogP contribution in [0.1, 0.15) is 6.92 Å². The fourth-order valence-corrected chi connectivity index (χ4v) is 0.609. The van der Waals surface area contributed by atoms with Crippen molar-refractivity contribution in [2.45, 2.75) is 13.0 Å². The van der Waals surface area contributed by atoms with E-state index in [-0.39, 0.29) is 6.04 Å². The van der Waals surface area contributed by atoms with Gasteiger partial charge in [0, 0.05) is 24.4 Å². The van der Waals surface area contributed by atoms with Gasteiger partial charge in [0.1, 0.15) is 0 Å². The van der Waals surface area contributed by atoms with Gasteiger partial charge in [0.15, 0.2) is 0 Å². The van der Waals surface area contributed by atoms with Gasteiger partial charge in [-0.3, -0.25) is 4.99 Å². The summed E-state index contributed by atoms with van der Waals surface area (Å²) in [5.74, 6) is 0.403. The summed E-state index contributed by atoms with van der Waals surface area (Å²) in [6, 6.07) is 0.174. The van der Waals surface area contributed by atoms with E-state index in [1.165, 1.54) is 0 Å². The Balaban J connectivity index is 2.59. The van der Waals surface area contributed by atoms with Crippen molar-refractivity contribution in [2.24, 2.45) is 16.6 Å². The number of aliphatic imine (C=N–C) groups is 1. The third-order valence-corrected chi connectivity index (χ3v) is 1.32. The van der Waals surface area contributed by atoms with Gasteiger partial charge in [0.2, 0.25) is 0 Å². The molecule has 0 amide bonds. The molecule has 0 aromatic heterocycles. The van der Waals surface area contributed by atoms with Gasteiger partial charge >= 0.3 is 0 Å². The van der Waals surface area contributed by atoms with Crippen molar-refractivity contribution < 1.29 is 0 Å².